The minimum Gasteiger partial charge on any atom is -0.357 e. The van der Waals surface area contributed by atoms with Crippen LogP contribution in [0.25, 0.3) is 10.9 Å². The smallest absolute Gasteiger partial charge is 0.0732 e. The first kappa shape index (κ1) is 12.2. The Balaban J connectivity index is 1.87. The third-order valence-electron chi connectivity index (χ3n) is 4.06. The van der Waals surface area contributed by atoms with E-state index >= 15 is 0 Å². The molecule has 0 spiro atoms. The van der Waals surface area contributed by atoms with Gasteiger partial charge in [-0.05, 0) is 35.7 Å². The van der Waals surface area contributed by atoms with Gasteiger partial charge in [-0.15, -0.1) is 0 Å². The van der Waals surface area contributed by atoms with Crippen molar-refractivity contribution in [3.05, 3.63) is 69.8 Å². The number of nitrogens with one attached hydrogen (secondary N) is 2. The molecular formula is C17H15BrN2. The van der Waals surface area contributed by atoms with Crippen LogP contribution in [0.2, 0.25) is 0 Å². The van der Waals surface area contributed by atoms with Crippen LogP contribution in [-0.2, 0) is 6.42 Å². The molecule has 2 aromatic carbocycles. The first-order valence-electron chi connectivity index (χ1n) is 6.91. The molecule has 20 heavy (non-hydrogen) atoms. The molecule has 0 saturated carbocycles. The molecule has 0 bridgehead atoms. The van der Waals surface area contributed by atoms with Gasteiger partial charge in [-0.25, -0.2) is 0 Å². The van der Waals surface area contributed by atoms with Crippen molar-refractivity contribution in [2.75, 3.05) is 6.54 Å². The summed E-state index contributed by atoms with van der Waals surface area (Å²) in [6, 6.07) is 17.4. The van der Waals surface area contributed by atoms with Gasteiger partial charge in [-0.3, -0.25) is 0 Å². The van der Waals surface area contributed by atoms with Gasteiger partial charge in [-0.2, -0.15) is 0 Å². The Morgan fingerprint density at radius 2 is 1.80 bits per heavy atom. The van der Waals surface area contributed by atoms with Gasteiger partial charge in [0, 0.05) is 27.6 Å². The molecule has 2 N–H and O–H groups in total. The molecule has 0 unspecified atom stereocenters. The monoisotopic (exact) mass is 326 g/mol. The van der Waals surface area contributed by atoms with Crippen LogP contribution < -0.4 is 5.32 Å². The summed E-state index contributed by atoms with van der Waals surface area (Å²) in [5, 5.41) is 4.99. The van der Waals surface area contributed by atoms with Crippen LogP contribution in [0.1, 0.15) is 22.9 Å². The fraction of sp³-hybridized carbons (Fsp3) is 0.176. The molecule has 1 atom stereocenters. The van der Waals surface area contributed by atoms with Gasteiger partial charge in [0.1, 0.15) is 0 Å². The van der Waals surface area contributed by atoms with Crippen LogP contribution in [0.3, 0.4) is 0 Å². The molecule has 0 saturated heterocycles. The second-order valence-electron chi connectivity index (χ2n) is 5.25. The van der Waals surface area contributed by atoms with Gasteiger partial charge in [0.05, 0.1) is 6.04 Å². The second-order valence-corrected chi connectivity index (χ2v) is 6.17. The Bertz CT molecular complexity index is 758. The van der Waals surface area contributed by atoms with Crippen LogP contribution >= 0.6 is 15.9 Å². The van der Waals surface area contributed by atoms with Gasteiger partial charge in [0.2, 0.25) is 0 Å². The highest BCUT2D eigenvalue weighted by molar-refractivity contribution is 9.10. The molecule has 3 heteroatoms. The first-order valence-corrected chi connectivity index (χ1v) is 7.70. The lowest BCUT2D eigenvalue weighted by Crippen LogP contribution is -2.30. The number of halogens is 1. The SMILES string of the molecule is Brc1ccc([C@H]2NCCc3c2[nH]c2ccccc32)cc1. The summed E-state index contributed by atoms with van der Waals surface area (Å²) >= 11 is 3.50. The summed E-state index contributed by atoms with van der Waals surface area (Å²) in [5.74, 6) is 0. The van der Waals surface area contributed by atoms with Gasteiger partial charge < -0.3 is 10.3 Å². The minimum absolute atomic E-state index is 0.263. The van der Waals surface area contributed by atoms with Gasteiger partial charge in [0.15, 0.2) is 0 Å². The fourth-order valence-corrected chi connectivity index (χ4v) is 3.38. The quantitative estimate of drug-likeness (QED) is 0.690. The largest absolute Gasteiger partial charge is 0.357 e. The molecular weight excluding hydrogens is 312 g/mol. The molecule has 2 nitrogen and oxygen atoms in total. The highest BCUT2D eigenvalue weighted by Gasteiger charge is 2.24. The lowest BCUT2D eigenvalue weighted by atomic mass is 9.94. The molecule has 0 radical (unpaired) electrons. The van der Waals surface area contributed by atoms with Crippen LogP contribution in [0.4, 0.5) is 0 Å². The Morgan fingerprint density at radius 3 is 2.65 bits per heavy atom. The topological polar surface area (TPSA) is 27.8 Å². The maximum atomic E-state index is 3.63. The van der Waals surface area contributed by atoms with E-state index in [0.29, 0.717) is 0 Å². The molecule has 1 aromatic heterocycles. The lowest BCUT2D eigenvalue weighted by Gasteiger charge is -2.24. The van der Waals surface area contributed by atoms with E-state index in [2.05, 4.69) is 74.8 Å². The molecule has 1 aliphatic rings. The summed E-state index contributed by atoms with van der Waals surface area (Å²) in [4.78, 5) is 3.60. The van der Waals surface area contributed by atoms with Crippen molar-refractivity contribution in [2.24, 2.45) is 0 Å². The van der Waals surface area contributed by atoms with E-state index in [1.165, 1.54) is 27.7 Å². The van der Waals surface area contributed by atoms with Crippen molar-refractivity contribution in [1.82, 2.24) is 10.3 Å². The maximum Gasteiger partial charge on any atom is 0.0732 e. The normalized spacial score (nSPS) is 18.1. The van der Waals surface area contributed by atoms with E-state index in [-0.39, 0.29) is 6.04 Å². The Kier molecular flexibility index (Phi) is 2.90. The number of aromatic nitrogens is 1. The summed E-state index contributed by atoms with van der Waals surface area (Å²) in [7, 11) is 0. The molecule has 2 heterocycles. The number of rotatable bonds is 1. The highest BCUT2D eigenvalue weighted by Crippen LogP contribution is 2.33. The van der Waals surface area contributed by atoms with E-state index in [9.17, 15) is 0 Å². The third-order valence-corrected chi connectivity index (χ3v) is 4.59. The summed E-state index contributed by atoms with van der Waals surface area (Å²) in [6.45, 7) is 1.02. The average Bonchev–Trinajstić information content (AvgIpc) is 2.87. The number of H-pyrrole nitrogens is 1. The standard InChI is InChI=1S/C17H15BrN2/c18-12-7-5-11(6-8-12)16-17-14(9-10-19-16)13-3-1-2-4-15(13)20-17/h1-8,16,19-20H,9-10H2/t16-/m1/s1. The number of hydrogen-bond acceptors (Lipinski definition) is 1. The van der Waals surface area contributed by atoms with Gasteiger partial charge >= 0.3 is 0 Å². The van der Waals surface area contributed by atoms with Crippen molar-refractivity contribution in [3.8, 4) is 0 Å². The van der Waals surface area contributed by atoms with Gasteiger partial charge in [0.25, 0.3) is 0 Å². The molecule has 4 rings (SSSR count). The predicted octanol–water partition coefficient (Wildman–Crippen LogP) is 4.17. The van der Waals surface area contributed by atoms with Crippen molar-refractivity contribution >= 4 is 26.8 Å². The number of fused-ring (bicyclic) bond motifs is 3. The zero-order chi connectivity index (χ0) is 13.5. The van der Waals surface area contributed by atoms with Crippen molar-refractivity contribution in [3.63, 3.8) is 0 Å². The Hall–Kier alpha value is -1.58. The van der Waals surface area contributed by atoms with Crippen LogP contribution in [-0.4, -0.2) is 11.5 Å². The van der Waals surface area contributed by atoms with Crippen LogP contribution in [0.5, 0.6) is 0 Å². The van der Waals surface area contributed by atoms with E-state index in [4.69, 9.17) is 0 Å². The molecule has 0 amide bonds. The number of hydrogen-bond donors (Lipinski definition) is 2. The first-order chi connectivity index (χ1) is 9.83. The molecule has 100 valence electrons. The number of aromatic amines is 1. The van der Waals surface area contributed by atoms with E-state index in [1.807, 2.05) is 0 Å². The van der Waals surface area contributed by atoms with Crippen molar-refractivity contribution in [1.29, 1.82) is 0 Å². The summed E-state index contributed by atoms with van der Waals surface area (Å²) < 4.78 is 1.12. The van der Waals surface area contributed by atoms with Crippen molar-refractivity contribution in [2.45, 2.75) is 12.5 Å². The molecule has 3 aromatic rings. The molecule has 0 fully saturated rings. The van der Waals surface area contributed by atoms with E-state index < -0.39 is 0 Å². The predicted molar refractivity (Wildman–Crippen MR) is 86.0 cm³/mol. The minimum atomic E-state index is 0.263. The second kappa shape index (κ2) is 4.76. The van der Waals surface area contributed by atoms with Crippen LogP contribution in [0, 0.1) is 0 Å². The lowest BCUT2D eigenvalue weighted by molar-refractivity contribution is 0.560. The maximum absolute atomic E-state index is 3.63. The number of benzene rings is 2. The molecule has 0 aliphatic carbocycles. The highest BCUT2D eigenvalue weighted by atomic mass is 79.9. The fourth-order valence-electron chi connectivity index (χ4n) is 3.12. The molecule has 1 aliphatic heterocycles. The number of para-hydroxylation sites is 1. The third kappa shape index (κ3) is 1.89. The van der Waals surface area contributed by atoms with Crippen LogP contribution in [0.15, 0.2) is 53.0 Å². The summed E-state index contributed by atoms with van der Waals surface area (Å²) in [6.07, 6.45) is 1.09. The van der Waals surface area contributed by atoms with Crippen molar-refractivity contribution < 1.29 is 0 Å². The van der Waals surface area contributed by atoms with Gasteiger partial charge in [-0.1, -0.05) is 46.3 Å². The van der Waals surface area contributed by atoms with E-state index in [0.717, 1.165) is 17.4 Å². The zero-order valence-corrected chi connectivity index (χ0v) is 12.6. The average molecular weight is 327 g/mol. The van der Waals surface area contributed by atoms with E-state index in [1.54, 1.807) is 0 Å². The summed E-state index contributed by atoms with van der Waals surface area (Å²) in [5.41, 5.74) is 5.33. The zero-order valence-electron chi connectivity index (χ0n) is 11.0. The Labute approximate surface area is 126 Å². The Morgan fingerprint density at radius 1 is 1.00 bits per heavy atom.